The Bertz CT molecular complexity index is 890. The third-order valence-electron chi connectivity index (χ3n) is 4.97. The molecule has 1 N–H and O–H groups in total. The Morgan fingerprint density at radius 1 is 1.12 bits per heavy atom. The van der Waals surface area contributed by atoms with Crippen LogP contribution in [0.1, 0.15) is 69.7 Å². The minimum Gasteiger partial charge on any atom is -0.464 e. The van der Waals surface area contributed by atoms with Crippen LogP contribution in [0.2, 0.25) is 0 Å². The number of pyridine rings is 1. The van der Waals surface area contributed by atoms with Crippen LogP contribution in [0.3, 0.4) is 0 Å². The van der Waals surface area contributed by atoms with E-state index < -0.39 is 35.4 Å². The average Bonchev–Trinajstić information content (AvgIpc) is 2.72. The number of aliphatic hydroxyl groups excluding tert-OH is 1. The first-order chi connectivity index (χ1) is 15.7. The first-order valence-electron chi connectivity index (χ1n) is 11.4. The highest BCUT2D eigenvalue weighted by atomic mass is 16.6. The molecule has 0 saturated heterocycles. The number of methoxy groups -OCH3 is 1. The average molecular weight is 480 g/mol. The summed E-state index contributed by atoms with van der Waals surface area (Å²) >= 11 is 0. The summed E-state index contributed by atoms with van der Waals surface area (Å²) in [6, 6.07) is 2.83. The number of fused-ring (bicyclic) bond motifs is 1. The van der Waals surface area contributed by atoms with Crippen LogP contribution < -0.4 is 0 Å². The van der Waals surface area contributed by atoms with E-state index in [-0.39, 0.29) is 31.9 Å². The van der Waals surface area contributed by atoms with Crippen molar-refractivity contribution < 1.29 is 33.7 Å². The fraction of sp³-hybridized carbons (Fsp3) is 0.667. The maximum Gasteiger partial charge on any atom is 0.410 e. The maximum absolute atomic E-state index is 13.1. The second-order valence-corrected chi connectivity index (χ2v) is 10.3. The molecule has 2 heterocycles. The number of hydrogen-bond acceptors (Lipinski definition) is 8. The summed E-state index contributed by atoms with van der Waals surface area (Å²) in [7, 11) is 1.29. The van der Waals surface area contributed by atoms with Crippen LogP contribution in [0.25, 0.3) is 0 Å². The molecule has 1 atom stereocenters. The third kappa shape index (κ3) is 7.86. The van der Waals surface area contributed by atoms with Gasteiger partial charge >= 0.3 is 18.2 Å². The molecule has 10 nitrogen and oxygen atoms in total. The molecule has 1 aromatic rings. The second-order valence-electron chi connectivity index (χ2n) is 10.3. The molecule has 2 rings (SSSR count). The van der Waals surface area contributed by atoms with Crippen molar-refractivity contribution in [3.63, 3.8) is 0 Å². The van der Waals surface area contributed by atoms with Gasteiger partial charge in [-0.2, -0.15) is 0 Å². The van der Waals surface area contributed by atoms with E-state index in [1.54, 1.807) is 58.6 Å². The normalized spacial score (nSPS) is 15.9. The lowest BCUT2D eigenvalue weighted by Gasteiger charge is -2.39. The molecular weight excluding hydrogens is 442 g/mol. The van der Waals surface area contributed by atoms with Crippen LogP contribution in [0.5, 0.6) is 0 Å². The van der Waals surface area contributed by atoms with E-state index in [2.05, 4.69) is 4.98 Å². The lowest BCUT2D eigenvalue weighted by Crippen LogP contribution is -2.53. The van der Waals surface area contributed by atoms with E-state index in [1.165, 1.54) is 12.0 Å². The molecule has 1 aromatic heterocycles. The van der Waals surface area contributed by atoms with E-state index in [4.69, 9.17) is 14.2 Å². The fourth-order valence-corrected chi connectivity index (χ4v) is 3.51. The van der Waals surface area contributed by atoms with E-state index in [0.29, 0.717) is 18.5 Å². The quantitative estimate of drug-likeness (QED) is 0.488. The van der Waals surface area contributed by atoms with Crippen LogP contribution in [0, 0.1) is 0 Å². The third-order valence-corrected chi connectivity index (χ3v) is 4.97. The summed E-state index contributed by atoms with van der Waals surface area (Å²) in [6.07, 6.45) is -0.379. The predicted octanol–water partition coefficient (Wildman–Crippen LogP) is 3.15. The fourth-order valence-electron chi connectivity index (χ4n) is 3.51. The van der Waals surface area contributed by atoms with Crippen LogP contribution in [0.15, 0.2) is 12.1 Å². The lowest BCUT2D eigenvalue weighted by molar-refractivity contribution is -0.00168. The topological polar surface area (TPSA) is 118 Å². The minimum absolute atomic E-state index is 0.0907. The van der Waals surface area contributed by atoms with E-state index in [0.717, 1.165) is 5.56 Å². The highest BCUT2D eigenvalue weighted by molar-refractivity contribution is 5.87. The number of nitrogens with zero attached hydrogens (tertiary/aromatic N) is 3. The van der Waals surface area contributed by atoms with Crippen LogP contribution in [-0.2, 0) is 27.2 Å². The molecule has 0 saturated carbocycles. The van der Waals surface area contributed by atoms with Gasteiger partial charge in [0.25, 0.3) is 0 Å². The molecule has 0 aromatic carbocycles. The summed E-state index contributed by atoms with van der Waals surface area (Å²) < 4.78 is 15.9. The number of esters is 1. The van der Waals surface area contributed by atoms with Gasteiger partial charge in [0.1, 0.15) is 16.9 Å². The number of ether oxygens (including phenoxy) is 3. The van der Waals surface area contributed by atoms with E-state index in [1.807, 2.05) is 0 Å². The van der Waals surface area contributed by atoms with Crippen LogP contribution in [-0.4, -0.2) is 82.1 Å². The van der Waals surface area contributed by atoms with Gasteiger partial charge in [-0.25, -0.2) is 19.4 Å². The molecule has 190 valence electrons. The summed E-state index contributed by atoms with van der Waals surface area (Å²) in [4.78, 5) is 45.4. The summed E-state index contributed by atoms with van der Waals surface area (Å²) in [5.74, 6) is -0.549. The zero-order valence-electron chi connectivity index (χ0n) is 21.2. The molecule has 1 unspecified atom stereocenters. The van der Waals surface area contributed by atoms with Gasteiger partial charge in [-0.1, -0.05) is 6.07 Å². The van der Waals surface area contributed by atoms with Crippen molar-refractivity contribution in [3.05, 3.63) is 29.1 Å². The first kappa shape index (κ1) is 27.4. The zero-order valence-corrected chi connectivity index (χ0v) is 21.2. The largest absolute Gasteiger partial charge is 0.464 e. The zero-order chi connectivity index (χ0) is 25.7. The maximum atomic E-state index is 13.1. The molecule has 2 amide bonds. The molecule has 0 radical (unpaired) electrons. The number of hydrogen-bond donors (Lipinski definition) is 1. The SMILES string of the molecule is COC(=O)c1ccc2c(n1)CC(CN(CCCO)C(=O)OC(C)(C)C)N(C(=O)OC(C)(C)C)C2. The minimum atomic E-state index is -0.699. The van der Waals surface area contributed by atoms with Gasteiger partial charge < -0.3 is 24.2 Å². The Morgan fingerprint density at radius 3 is 2.32 bits per heavy atom. The number of aliphatic hydroxyl groups is 1. The molecule has 34 heavy (non-hydrogen) atoms. The summed E-state index contributed by atoms with van der Waals surface area (Å²) in [5, 5.41) is 9.32. The van der Waals surface area contributed by atoms with Gasteiger partial charge in [0.15, 0.2) is 0 Å². The van der Waals surface area contributed by atoms with E-state index in [9.17, 15) is 19.5 Å². The molecule has 0 aliphatic carbocycles. The number of aromatic nitrogens is 1. The number of carbonyl (C=O) groups is 3. The van der Waals surface area contributed by atoms with Crippen molar-refractivity contribution in [3.8, 4) is 0 Å². The van der Waals surface area contributed by atoms with Gasteiger partial charge in [0.2, 0.25) is 0 Å². The van der Waals surface area contributed by atoms with Crippen molar-refractivity contribution >= 4 is 18.2 Å². The van der Waals surface area contributed by atoms with Crippen molar-refractivity contribution in [2.45, 2.75) is 78.2 Å². The molecule has 1 aliphatic rings. The molecule has 10 heteroatoms. The van der Waals surface area contributed by atoms with Crippen molar-refractivity contribution in [1.82, 2.24) is 14.8 Å². The predicted molar refractivity (Wildman–Crippen MR) is 124 cm³/mol. The monoisotopic (exact) mass is 479 g/mol. The summed E-state index contributed by atoms with van der Waals surface area (Å²) in [6.45, 7) is 11.2. The van der Waals surface area contributed by atoms with Gasteiger partial charge in [-0.15, -0.1) is 0 Å². The van der Waals surface area contributed by atoms with E-state index >= 15 is 0 Å². The number of amides is 2. The Morgan fingerprint density at radius 2 is 1.76 bits per heavy atom. The second kappa shape index (κ2) is 11.0. The molecule has 1 aliphatic heterocycles. The molecule has 0 fully saturated rings. The Hall–Kier alpha value is -2.88. The lowest BCUT2D eigenvalue weighted by atomic mass is 9.98. The number of carbonyl (C=O) groups excluding carboxylic acids is 3. The molecule has 0 bridgehead atoms. The molecule has 0 spiro atoms. The molecular formula is C24H37N3O7. The highest BCUT2D eigenvalue weighted by Crippen LogP contribution is 2.26. The van der Waals surface area contributed by atoms with Gasteiger partial charge in [-0.3, -0.25) is 4.90 Å². The Kier molecular flexibility index (Phi) is 8.88. The van der Waals surface area contributed by atoms with Crippen LogP contribution in [0.4, 0.5) is 9.59 Å². The summed E-state index contributed by atoms with van der Waals surface area (Å²) in [5.41, 5.74) is 0.217. The van der Waals surface area contributed by atoms with Gasteiger partial charge in [0, 0.05) is 31.8 Å². The van der Waals surface area contributed by atoms with Gasteiger partial charge in [0.05, 0.1) is 19.7 Å². The van der Waals surface area contributed by atoms with Crippen molar-refractivity contribution in [2.75, 3.05) is 26.8 Å². The van der Waals surface area contributed by atoms with Crippen LogP contribution >= 0.6 is 0 Å². The number of rotatable bonds is 6. The Labute approximate surface area is 201 Å². The standard InChI is InChI=1S/C24H37N3O7/c1-23(2,3)33-21(30)26(11-8-12-28)15-17-13-19-16(9-10-18(25-19)20(29)32-7)14-27(17)22(31)34-24(4,5)6/h9-10,17,28H,8,11-15H2,1-7H3. The highest BCUT2D eigenvalue weighted by Gasteiger charge is 2.36. The van der Waals surface area contributed by atoms with Gasteiger partial charge in [-0.05, 0) is 59.6 Å². The van der Waals surface area contributed by atoms with Crippen molar-refractivity contribution in [1.29, 1.82) is 0 Å². The smallest absolute Gasteiger partial charge is 0.410 e. The van der Waals surface area contributed by atoms with Crippen molar-refractivity contribution in [2.24, 2.45) is 0 Å². The first-order valence-corrected chi connectivity index (χ1v) is 11.4. The Balaban J connectivity index is 2.38.